The van der Waals surface area contributed by atoms with E-state index in [-0.39, 0.29) is 22.6 Å². The Morgan fingerprint density at radius 1 is 1.24 bits per heavy atom. The lowest BCUT2D eigenvalue weighted by Crippen LogP contribution is -2.34. The molecule has 0 bridgehead atoms. The molecule has 176 valence electrons. The molecule has 1 N–H and O–H groups in total. The molecule has 1 saturated heterocycles. The van der Waals surface area contributed by atoms with E-state index in [4.69, 9.17) is 15.0 Å². The lowest BCUT2D eigenvalue weighted by molar-refractivity contribution is 0.386. The minimum atomic E-state index is -0.721. The predicted octanol–water partition coefficient (Wildman–Crippen LogP) is 3.32. The van der Waals surface area contributed by atoms with Crippen LogP contribution in [0.1, 0.15) is 12.0 Å². The first-order chi connectivity index (χ1) is 16.3. The zero-order valence-corrected chi connectivity index (χ0v) is 19.2. The van der Waals surface area contributed by atoms with Crippen LogP contribution < -0.4 is 20.5 Å². The van der Waals surface area contributed by atoms with E-state index >= 15 is 0 Å². The van der Waals surface area contributed by atoms with Crippen LogP contribution >= 0.6 is 0 Å². The molecule has 3 aromatic rings. The van der Waals surface area contributed by atoms with Crippen molar-refractivity contribution in [3.05, 3.63) is 63.9 Å². The zero-order valence-electron chi connectivity index (χ0n) is 19.2. The number of anilines is 1. The van der Waals surface area contributed by atoms with E-state index in [1.54, 1.807) is 19.2 Å². The maximum Gasteiger partial charge on any atom is 0.263 e. The van der Waals surface area contributed by atoms with E-state index in [1.807, 2.05) is 11.9 Å². The topological polar surface area (TPSA) is 83.2 Å². The number of nitrogens with one attached hydrogen (secondary N) is 1. The Kier molecular flexibility index (Phi) is 6.61. The van der Waals surface area contributed by atoms with Gasteiger partial charge in [0.1, 0.15) is 11.9 Å². The predicted molar refractivity (Wildman–Crippen MR) is 126 cm³/mol. The Labute approximate surface area is 196 Å². The average molecular weight is 466 g/mol. The molecule has 0 radical (unpaired) electrons. The van der Waals surface area contributed by atoms with Gasteiger partial charge in [0, 0.05) is 26.2 Å². The van der Waals surface area contributed by atoms with Gasteiger partial charge in [-0.05, 0) is 55.3 Å². The van der Waals surface area contributed by atoms with Crippen LogP contribution in [0.15, 0.2) is 41.2 Å². The lowest BCUT2D eigenvalue weighted by atomic mass is 9.99. The SMILES string of the molecule is COc1ccc(-c2c(-c3ccc(C#N)c(F)c3)nc(N(C)CC3CCNC3)n(C)c2=O)cc1F. The van der Waals surface area contributed by atoms with Crippen molar-refractivity contribution < 1.29 is 13.5 Å². The molecule has 7 nitrogen and oxygen atoms in total. The van der Waals surface area contributed by atoms with Crippen LogP contribution in [0.4, 0.5) is 14.7 Å². The van der Waals surface area contributed by atoms with E-state index in [1.165, 1.54) is 42.0 Å². The van der Waals surface area contributed by atoms with Crippen LogP contribution in [-0.4, -0.2) is 43.3 Å². The third-order valence-electron chi connectivity index (χ3n) is 6.11. The molecule has 1 fully saturated rings. The van der Waals surface area contributed by atoms with Gasteiger partial charge in [-0.3, -0.25) is 9.36 Å². The van der Waals surface area contributed by atoms with E-state index in [2.05, 4.69) is 5.32 Å². The van der Waals surface area contributed by atoms with Gasteiger partial charge < -0.3 is 15.0 Å². The van der Waals surface area contributed by atoms with E-state index in [0.717, 1.165) is 19.5 Å². The number of ether oxygens (including phenoxy) is 1. The second-order valence-electron chi connectivity index (χ2n) is 8.39. The van der Waals surface area contributed by atoms with Crippen molar-refractivity contribution in [1.29, 1.82) is 5.26 Å². The maximum absolute atomic E-state index is 14.5. The molecule has 0 aliphatic carbocycles. The van der Waals surface area contributed by atoms with Gasteiger partial charge in [0.05, 0.1) is 23.9 Å². The summed E-state index contributed by atoms with van der Waals surface area (Å²) >= 11 is 0. The van der Waals surface area contributed by atoms with Crippen molar-refractivity contribution in [3.8, 4) is 34.2 Å². The molecular weight excluding hydrogens is 440 g/mol. The van der Waals surface area contributed by atoms with Crippen molar-refractivity contribution in [2.24, 2.45) is 13.0 Å². The molecule has 2 heterocycles. The van der Waals surface area contributed by atoms with Gasteiger partial charge in [-0.15, -0.1) is 0 Å². The molecule has 34 heavy (non-hydrogen) atoms. The summed E-state index contributed by atoms with van der Waals surface area (Å²) < 4.78 is 35.5. The molecule has 2 aromatic carbocycles. The van der Waals surface area contributed by atoms with Crippen LogP contribution in [0.25, 0.3) is 22.4 Å². The number of nitriles is 1. The fraction of sp³-hybridized carbons (Fsp3) is 0.320. The monoisotopic (exact) mass is 465 g/mol. The summed E-state index contributed by atoms with van der Waals surface area (Å²) in [6, 6.07) is 10.0. The fourth-order valence-corrected chi connectivity index (χ4v) is 4.32. The standard InChI is InChI=1S/C25H25F2N5O2/c1-31(14-15-8-9-29-13-15)25-30-23(17-4-5-18(12-28)19(26)11-17)22(24(33)32(25)2)16-6-7-21(34-3)20(27)10-16/h4-7,10-11,15,29H,8-9,13-14H2,1-3H3. The number of benzene rings is 2. The van der Waals surface area contributed by atoms with Crippen molar-refractivity contribution in [3.63, 3.8) is 0 Å². The van der Waals surface area contributed by atoms with Gasteiger partial charge in [0.15, 0.2) is 11.6 Å². The molecule has 9 heteroatoms. The van der Waals surface area contributed by atoms with E-state index < -0.39 is 17.2 Å². The smallest absolute Gasteiger partial charge is 0.263 e. The first kappa shape index (κ1) is 23.4. The molecule has 1 aliphatic rings. The minimum absolute atomic E-state index is 0.0426. The third kappa shape index (κ3) is 4.37. The highest BCUT2D eigenvalue weighted by Crippen LogP contribution is 2.32. The summed E-state index contributed by atoms with van der Waals surface area (Å²) in [5, 5.41) is 12.4. The number of nitrogens with zero attached hydrogens (tertiary/aromatic N) is 4. The summed E-state index contributed by atoms with van der Waals surface area (Å²) in [6.45, 7) is 2.52. The Balaban J connectivity index is 1.92. The van der Waals surface area contributed by atoms with Gasteiger partial charge >= 0.3 is 0 Å². The highest BCUT2D eigenvalue weighted by Gasteiger charge is 2.24. The number of hydrogen-bond acceptors (Lipinski definition) is 6. The van der Waals surface area contributed by atoms with Crippen molar-refractivity contribution in [2.75, 3.05) is 38.7 Å². The molecule has 0 amide bonds. The summed E-state index contributed by atoms with van der Waals surface area (Å²) in [7, 11) is 4.82. The van der Waals surface area contributed by atoms with Gasteiger partial charge in [-0.2, -0.15) is 5.26 Å². The minimum Gasteiger partial charge on any atom is -0.494 e. The summed E-state index contributed by atoms with van der Waals surface area (Å²) in [4.78, 5) is 20.2. The fourth-order valence-electron chi connectivity index (χ4n) is 4.32. The largest absolute Gasteiger partial charge is 0.494 e. The molecule has 1 aromatic heterocycles. The number of halogens is 2. The van der Waals surface area contributed by atoms with Crippen LogP contribution in [-0.2, 0) is 7.05 Å². The maximum atomic E-state index is 14.5. The Bertz CT molecular complexity index is 1330. The first-order valence-electron chi connectivity index (χ1n) is 10.9. The number of hydrogen-bond donors (Lipinski definition) is 1. The number of methoxy groups -OCH3 is 1. The van der Waals surface area contributed by atoms with Gasteiger partial charge in [0.25, 0.3) is 5.56 Å². The van der Waals surface area contributed by atoms with E-state index in [9.17, 15) is 13.6 Å². The van der Waals surface area contributed by atoms with Crippen molar-refractivity contribution in [1.82, 2.24) is 14.9 Å². The second kappa shape index (κ2) is 9.61. The Morgan fingerprint density at radius 2 is 1.97 bits per heavy atom. The molecule has 1 aliphatic heterocycles. The number of aromatic nitrogens is 2. The summed E-state index contributed by atoms with van der Waals surface area (Å²) in [5.74, 6) is -0.487. The quantitative estimate of drug-likeness (QED) is 0.602. The lowest BCUT2D eigenvalue weighted by Gasteiger charge is -2.25. The molecule has 1 atom stereocenters. The van der Waals surface area contributed by atoms with Crippen molar-refractivity contribution in [2.45, 2.75) is 6.42 Å². The second-order valence-corrected chi connectivity index (χ2v) is 8.39. The van der Waals surface area contributed by atoms with Crippen LogP contribution in [0.3, 0.4) is 0 Å². The van der Waals surface area contributed by atoms with Crippen LogP contribution in [0.2, 0.25) is 0 Å². The highest BCUT2D eigenvalue weighted by atomic mass is 19.1. The zero-order chi connectivity index (χ0) is 24.4. The molecule has 1 unspecified atom stereocenters. The Morgan fingerprint density at radius 3 is 2.59 bits per heavy atom. The summed E-state index contributed by atoms with van der Waals surface area (Å²) in [5.41, 5.74) is 0.440. The molecule has 0 saturated carbocycles. The van der Waals surface area contributed by atoms with E-state index in [0.29, 0.717) is 29.5 Å². The van der Waals surface area contributed by atoms with Crippen LogP contribution in [0.5, 0.6) is 5.75 Å². The third-order valence-corrected chi connectivity index (χ3v) is 6.11. The molecular formula is C25H25F2N5O2. The number of rotatable bonds is 6. The van der Waals surface area contributed by atoms with Gasteiger partial charge in [-0.1, -0.05) is 12.1 Å². The molecule has 0 spiro atoms. The van der Waals surface area contributed by atoms with Crippen LogP contribution in [0, 0.1) is 28.9 Å². The Hall–Kier alpha value is -3.77. The van der Waals surface area contributed by atoms with Crippen molar-refractivity contribution >= 4 is 5.95 Å². The normalized spacial score (nSPS) is 15.2. The average Bonchev–Trinajstić information content (AvgIpc) is 3.33. The first-order valence-corrected chi connectivity index (χ1v) is 10.9. The molecule has 4 rings (SSSR count). The van der Waals surface area contributed by atoms with Gasteiger partial charge in [0.2, 0.25) is 5.95 Å². The highest BCUT2D eigenvalue weighted by molar-refractivity contribution is 5.81. The summed E-state index contributed by atoms with van der Waals surface area (Å²) in [6.07, 6.45) is 1.02. The van der Waals surface area contributed by atoms with Gasteiger partial charge in [-0.25, -0.2) is 13.8 Å².